The van der Waals surface area contributed by atoms with Crippen LogP contribution in [0.3, 0.4) is 0 Å². The molecule has 1 aliphatic heterocycles. The fourth-order valence-electron chi connectivity index (χ4n) is 3.54. The fourth-order valence-corrected chi connectivity index (χ4v) is 3.54. The molecule has 0 unspecified atom stereocenters. The van der Waals surface area contributed by atoms with Crippen molar-refractivity contribution in [2.75, 3.05) is 13.2 Å². The molecule has 1 aliphatic carbocycles. The maximum absolute atomic E-state index is 12.4. The highest BCUT2D eigenvalue weighted by atomic mass is 16.5. The highest BCUT2D eigenvalue weighted by Crippen LogP contribution is 2.25. The molecule has 0 radical (unpaired) electrons. The first-order valence-corrected chi connectivity index (χ1v) is 8.47. The van der Waals surface area contributed by atoms with E-state index in [-0.39, 0.29) is 24.2 Å². The van der Waals surface area contributed by atoms with E-state index in [1.807, 2.05) is 0 Å². The molecule has 2 heterocycles. The van der Waals surface area contributed by atoms with Crippen LogP contribution < -0.4 is 5.56 Å². The topological polar surface area (TPSA) is 64.4 Å². The lowest BCUT2D eigenvalue weighted by Crippen LogP contribution is -2.42. The lowest BCUT2D eigenvalue weighted by atomic mass is 9.89. The van der Waals surface area contributed by atoms with Gasteiger partial charge >= 0.3 is 0 Å². The fraction of sp³-hybridized carbons (Fsp3) is 0.706. The molecule has 1 saturated carbocycles. The number of aromatic nitrogens is 2. The molecule has 0 N–H and O–H groups in total. The predicted octanol–water partition coefficient (Wildman–Crippen LogP) is 1.26. The van der Waals surface area contributed by atoms with Crippen LogP contribution in [0, 0.1) is 5.92 Å². The molecule has 6 heteroatoms. The van der Waals surface area contributed by atoms with Crippen LogP contribution in [-0.2, 0) is 29.5 Å². The number of hydrogen-bond acceptors (Lipinski definition) is 4. The summed E-state index contributed by atoms with van der Waals surface area (Å²) in [5.74, 6) is 0.683. The third kappa shape index (κ3) is 3.63. The molecule has 1 aromatic rings. The van der Waals surface area contributed by atoms with Crippen LogP contribution in [0.5, 0.6) is 0 Å². The van der Waals surface area contributed by atoms with Gasteiger partial charge in [0, 0.05) is 19.2 Å². The number of aryl methyl sites for hydroxylation is 1. The number of fused-ring (bicyclic) bond motifs is 1. The minimum atomic E-state index is -0.00505. The van der Waals surface area contributed by atoms with Gasteiger partial charge in [-0.1, -0.05) is 19.8 Å². The molecule has 0 aromatic carbocycles. The van der Waals surface area contributed by atoms with Crippen molar-refractivity contribution >= 4 is 5.91 Å². The summed E-state index contributed by atoms with van der Waals surface area (Å²) in [5.41, 5.74) is 1.45. The Labute approximate surface area is 136 Å². The van der Waals surface area contributed by atoms with Gasteiger partial charge in [0.2, 0.25) is 5.91 Å². The molecule has 1 fully saturated rings. The smallest absolute Gasteiger partial charge is 0.256 e. The van der Waals surface area contributed by atoms with Crippen molar-refractivity contribution in [2.24, 2.45) is 13.0 Å². The SMILES string of the molecule is C[C@H]1CCC[C@H](OCC(=O)N2CCc3c(ncn(C)c3=O)C2)C1. The Kier molecular flexibility index (Phi) is 4.80. The number of ether oxygens (including phenoxy) is 1. The Balaban J connectivity index is 1.57. The van der Waals surface area contributed by atoms with Gasteiger partial charge in [-0.25, -0.2) is 4.98 Å². The average molecular weight is 319 g/mol. The summed E-state index contributed by atoms with van der Waals surface area (Å²) in [4.78, 5) is 30.5. The Hall–Kier alpha value is -1.69. The minimum absolute atomic E-state index is 0.00338. The Morgan fingerprint density at radius 3 is 3.04 bits per heavy atom. The molecule has 23 heavy (non-hydrogen) atoms. The molecular formula is C17H25N3O3. The predicted molar refractivity (Wildman–Crippen MR) is 86.0 cm³/mol. The zero-order valence-corrected chi connectivity index (χ0v) is 14.0. The van der Waals surface area contributed by atoms with Gasteiger partial charge in [0.15, 0.2) is 0 Å². The van der Waals surface area contributed by atoms with E-state index in [1.165, 1.54) is 23.7 Å². The zero-order chi connectivity index (χ0) is 16.4. The van der Waals surface area contributed by atoms with E-state index in [1.54, 1.807) is 11.9 Å². The van der Waals surface area contributed by atoms with Gasteiger partial charge in [-0.3, -0.25) is 9.59 Å². The first-order chi connectivity index (χ1) is 11.0. The van der Waals surface area contributed by atoms with E-state index in [2.05, 4.69) is 11.9 Å². The monoisotopic (exact) mass is 319 g/mol. The number of nitrogens with zero attached hydrogens (tertiary/aromatic N) is 3. The van der Waals surface area contributed by atoms with E-state index in [4.69, 9.17) is 4.74 Å². The normalized spacial score (nSPS) is 24.3. The molecule has 1 amide bonds. The summed E-state index contributed by atoms with van der Waals surface area (Å²) in [7, 11) is 1.70. The molecule has 0 bridgehead atoms. The molecule has 1 aromatic heterocycles. The van der Waals surface area contributed by atoms with Crippen LogP contribution in [0.2, 0.25) is 0 Å². The number of carbonyl (C=O) groups excluding carboxylic acids is 1. The summed E-state index contributed by atoms with van der Waals surface area (Å²) in [6.45, 7) is 3.36. The van der Waals surface area contributed by atoms with Gasteiger partial charge in [0.05, 0.1) is 24.7 Å². The molecule has 3 rings (SSSR count). The number of amides is 1. The minimum Gasteiger partial charge on any atom is -0.368 e. The van der Waals surface area contributed by atoms with E-state index in [0.29, 0.717) is 25.4 Å². The number of carbonyl (C=O) groups is 1. The van der Waals surface area contributed by atoms with Gasteiger partial charge in [-0.05, 0) is 25.2 Å². The largest absolute Gasteiger partial charge is 0.368 e. The standard InChI is InChI=1S/C17H25N3O3/c1-12-4-3-5-13(8-12)23-10-16(21)20-7-6-14-15(9-20)18-11-19(2)17(14)22/h11-13H,3-10H2,1-2H3/t12-,13-/m0/s1. The Bertz CT molecular complexity index is 640. The van der Waals surface area contributed by atoms with Crippen LogP contribution in [0.15, 0.2) is 11.1 Å². The van der Waals surface area contributed by atoms with E-state index < -0.39 is 0 Å². The second kappa shape index (κ2) is 6.83. The van der Waals surface area contributed by atoms with Crippen LogP contribution >= 0.6 is 0 Å². The third-order valence-electron chi connectivity index (χ3n) is 4.97. The van der Waals surface area contributed by atoms with Gasteiger partial charge < -0.3 is 14.2 Å². The highest BCUT2D eigenvalue weighted by Gasteiger charge is 2.25. The molecular weight excluding hydrogens is 294 g/mol. The summed E-state index contributed by atoms with van der Waals surface area (Å²) in [5, 5.41) is 0. The summed E-state index contributed by atoms with van der Waals surface area (Å²) in [6, 6.07) is 0. The molecule has 0 spiro atoms. The van der Waals surface area contributed by atoms with Crippen molar-refractivity contribution in [2.45, 2.75) is 51.7 Å². The van der Waals surface area contributed by atoms with Gasteiger partial charge in [-0.15, -0.1) is 0 Å². The first kappa shape index (κ1) is 16.2. The third-order valence-corrected chi connectivity index (χ3v) is 4.97. The van der Waals surface area contributed by atoms with Gasteiger partial charge in [0.1, 0.15) is 6.61 Å². The molecule has 0 saturated heterocycles. The number of rotatable bonds is 3. The number of hydrogen-bond donors (Lipinski definition) is 0. The Morgan fingerprint density at radius 2 is 2.26 bits per heavy atom. The average Bonchev–Trinajstić information content (AvgIpc) is 2.56. The summed E-state index contributed by atoms with van der Waals surface area (Å²) < 4.78 is 7.31. The first-order valence-electron chi connectivity index (χ1n) is 8.47. The maximum atomic E-state index is 12.4. The van der Waals surface area contributed by atoms with Crippen LogP contribution in [0.4, 0.5) is 0 Å². The summed E-state index contributed by atoms with van der Waals surface area (Å²) in [6.07, 6.45) is 6.86. The van der Waals surface area contributed by atoms with Crippen LogP contribution in [0.1, 0.15) is 43.9 Å². The van der Waals surface area contributed by atoms with Crippen molar-refractivity contribution in [1.82, 2.24) is 14.5 Å². The van der Waals surface area contributed by atoms with E-state index in [9.17, 15) is 9.59 Å². The summed E-state index contributed by atoms with van der Waals surface area (Å²) >= 11 is 0. The van der Waals surface area contributed by atoms with Crippen molar-refractivity contribution < 1.29 is 9.53 Å². The highest BCUT2D eigenvalue weighted by molar-refractivity contribution is 5.77. The van der Waals surface area contributed by atoms with Crippen molar-refractivity contribution in [3.8, 4) is 0 Å². The van der Waals surface area contributed by atoms with Crippen molar-refractivity contribution in [1.29, 1.82) is 0 Å². The second-order valence-corrected chi connectivity index (χ2v) is 6.86. The molecule has 6 nitrogen and oxygen atoms in total. The van der Waals surface area contributed by atoms with Crippen LogP contribution in [0.25, 0.3) is 0 Å². The lowest BCUT2D eigenvalue weighted by molar-refractivity contribution is -0.140. The van der Waals surface area contributed by atoms with E-state index in [0.717, 1.165) is 24.1 Å². The molecule has 126 valence electrons. The zero-order valence-electron chi connectivity index (χ0n) is 14.0. The van der Waals surface area contributed by atoms with Gasteiger partial charge in [-0.2, -0.15) is 0 Å². The van der Waals surface area contributed by atoms with Crippen LogP contribution in [-0.4, -0.2) is 39.6 Å². The lowest BCUT2D eigenvalue weighted by Gasteiger charge is -2.30. The quantitative estimate of drug-likeness (QED) is 0.841. The van der Waals surface area contributed by atoms with Gasteiger partial charge in [0.25, 0.3) is 5.56 Å². The molecule has 2 atom stereocenters. The second-order valence-electron chi connectivity index (χ2n) is 6.86. The van der Waals surface area contributed by atoms with E-state index >= 15 is 0 Å². The maximum Gasteiger partial charge on any atom is 0.256 e. The van der Waals surface area contributed by atoms with Crippen molar-refractivity contribution in [3.63, 3.8) is 0 Å². The van der Waals surface area contributed by atoms with Crippen molar-refractivity contribution in [3.05, 3.63) is 27.9 Å². The Morgan fingerprint density at radius 1 is 1.43 bits per heavy atom. The molecule has 2 aliphatic rings.